The van der Waals surface area contributed by atoms with Crippen molar-refractivity contribution in [1.82, 2.24) is 4.31 Å². The van der Waals surface area contributed by atoms with Crippen LogP contribution >= 0.6 is 27.3 Å². The number of thiophene rings is 1. The van der Waals surface area contributed by atoms with Crippen LogP contribution in [0.4, 0.5) is 0 Å². The SMILES string of the molecule is NCC1CCN(S(=O)(=O)c2cc(C(=O)O)sc2Br)C1. The highest BCUT2D eigenvalue weighted by Crippen LogP contribution is 2.35. The van der Waals surface area contributed by atoms with Gasteiger partial charge in [0, 0.05) is 13.1 Å². The number of hydrogen-bond donors (Lipinski definition) is 2. The van der Waals surface area contributed by atoms with E-state index < -0.39 is 16.0 Å². The Hall–Kier alpha value is -0.480. The van der Waals surface area contributed by atoms with E-state index in [1.165, 1.54) is 10.4 Å². The standard InChI is InChI=1S/C10H13BrN2O4S2/c11-9-8(3-7(18-9)10(14)15)19(16,17)13-2-1-6(4-12)5-13/h3,6H,1-2,4-5,12H2,(H,14,15). The van der Waals surface area contributed by atoms with Crippen molar-refractivity contribution in [3.8, 4) is 0 Å². The molecule has 0 spiro atoms. The summed E-state index contributed by atoms with van der Waals surface area (Å²) in [4.78, 5) is 10.9. The molecule has 6 nitrogen and oxygen atoms in total. The van der Waals surface area contributed by atoms with Gasteiger partial charge in [0.05, 0.1) is 3.79 Å². The van der Waals surface area contributed by atoms with Crippen LogP contribution in [-0.2, 0) is 10.0 Å². The lowest BCUT2D eigenvalue weighted by molar-refractivity contribution is 0.0702. The summed E-state index contributed by atoms with van der Waals surface area (Å²) < 4.78 is 26.5. The van der Waals surface area contributed by atoms with Gasteiger partial charge in [0.2, 0.25) is 10.0 Å². The minimum absolute atomic E-state index is 0.0000202. The van der Waals surface area contributed by atoms with Crippen molar-refractivity contribution in [3.05, 3.63) is 14.7 Å². The first-order chi connectivity index (χ1) is 8.86. The predicted octanol–water partition coefficient (Wildman–Crippen LogP) is 1.18. The summed E-state index contributed by atoms with van der Waals surface area (Å²) in [5.74, 6) is -0.959. The van der Waals surface area contributed by atoms with E-state index in [-0.39, 0.29) is 15.7 Å². The second kappa shape index (κ2) is 5.49. The summed E-state index contributed by atoms with van der Waals surface area (Å²) in [5, 5.41) is 8.90. The maximum Gasteiger partial charge on any atom is 0.345 e. The van der Waals surface area contributed by atoms with Crippen molar-refractivity contribution < 1.29 is 18.3 Å². The summed E-state index contributed by atoms with van der Waals surface area (Å²) in [6.07, 6.45) is 0.739. The number of rotatable bonds is 4. The third-order valence-corrected chi connectivity index (χ3v) is 7.17. The van der Waals surface area contributed by atoms with Crippen molar-refractivity contribution in [2.24, 2.45) is 11.7 Å². The van der Waals surface area contributed by atoms with Gasteiger partial charge in [0.1, 0.15) is 9.77 Å². The van der Waals surface area contributed by atoms with Crippen LogP contribution in [0.3, 0.4) is 0 Å². The van der Waals surface area contributed by atoms with Crippen LogP contribution < -0.4 is 5.73 Å². The lowest BCUT2D eigenvalue weighted by atomic mass is 10.1. The van der Waals surface area contributed by atoms with E-state index in [0.29, 0.717) is 23.4 Å². The molecular weight excluding hydrogens is 356 g/mol. The van der Waals surface area contributed by atoms with Gasteiger partial charge in [0.15, 0.2) is 0 Å². The summed E-state index contributed by atoms with van der Waals surface area (Å²) in [6, 6.07) is 1.20. The van der Waals surface area contributed by atoms with Gasteiger partial charge in [-0.15, -0.1) is 11.3 Å². The number of aromatic carboxylic acids is 1. The van der Waals surface area contributed by atoms with Crippen molar-refractivity contribution in [2.45, 2.75) is 11.3 Å². The predicted molar refractivity (Wildman–Crippen MR) is 74.9 cm³/mol. The van der Waals surface area contributed by atoms with Gasteiger partial charge in [-0.05, 0) is 40.9 Å². The minimum atomic E-state index is -3.65. The number of nitrogens with zero attached hydrogens (tertiary/aromatic N) is 1. The first-order valence-corrected chi connectivity index (χ1v) is 8.64. The summed E-state index contributed by atoms with van der Waals surface area (Å²) in [5.41, 5.74) is 5.55. The van der Waals surface area contributed by atoms with Crippen LogP contribution in [-0.4, -0.2) is 43.4 Å². The Morgan fingerprint density at radius 3 is 2.79 bits per heavy atom. The molecular formula is C10H13BrN2O4S2. The molecule has 1 atom stereocenters. The van der Waals surface area contributed by atoms with Crippen LogP contribution in [0, 0.1) is 5.92 Å². The third kappa shape index (κ3) is 2.84. The number of carboxylic acids is 1. The molecule has 2 heterocycles. The Morgan fingerprint density at radius 2 is 2.32 bits per heavy atom. The zero-order valence-corrected chi connectivity index (χ0v) is 13.1. The number of nitrogens with two attached hydrogens (primary N) is 1. The highest BCUT2D eigenvalue weighted by atomic mass is 79.9. The minimum Gasteiger partial charge on any atom is -0.477 e. The van der Waals surface area contributed by atoms with Crippen molar-refractivity contribution in [1.29, 1.82) is 0 Å². The average Bonchev–Trinajstić information content (AvgIpc) is 2.95. The molecule has 0 amide bonds. The van der Waals surface area contributed by atoms with E-state index in [0.717, 1.165) is 17.8 Å². The molecule has 19 heavy (non-hydrogen) atoms. The number of carbonyl (C=O) groups is 1. The van der Waals surface area contributed by atoms with Gasteiger partial charge < -0.3 is 10.8 Å². The normalized spacial score (nSPS) is 20.8. The smallest absolute Gasteiger partial charge is 0.345 e. The number of halogens is 1. The first-order valence-electron chi connectivity index (χ1n) is 5.59. The molecule has 2 rings (SSSR count). The van der Waals surface area contributed by atoms with E-state index in [9.17, 15) is 13.2 Å². The molecule has 0 aliphatic carbocycles. The Balaban J connectivity index is 2.32. The third-order valence-electron chi connectivity index (χ3n) is 3.07. The van der Waals surface area contributed by atoms with Gasteiger partial charge in [-0.1, -0.05) is 0 Å². The Morgan fingerprint density at radius 1 is 1.63 bits per heavy atom. The van der Waals surface area contributed by atoms with Crippen molar-refractivity contribution in [2.75, 3.05) is 19.6 Å². The number of sulfonamides is 1. The topological polar surface area (TPSA) is 101 Å². The maximum atomic E-state index is 12.4. The monoisotopic (exact) mass is 368 g/mol. The maximum absolute atomic E-state index is 12.4. The second-order valence-corrected chi connectivity index (χ2v) is 8.58. The summed E-state index contributed by atoms with van der Waals surface area (Å²) in [6.45, 7) is 1.27. The van der Waals surface area contributed by atoms with Gasteiger partial charge in [-0.25, -0.2) is 13.2 Å². The van der Waals surface area contributed by atoms with Gasteiger partial charge in [-0.3, -0.25) is 0 Å². The number of carboxylic acid groups (broad SMARTS) is 1. The molecule has 9 heteroatoms. The quantitative estimate of drug-likeness (QED) is 0.830. The zero-order chi connectivity index (χ0) is 14.2. The highest BCUT2D eigenvalue weighted by Gasteiger charge is 2.34. The Bertz CT molecular complexity index is 599. The van der Waals surface area contributed by atoms with Crippen LogP contribution in [0.2, 0.25) is 0 Å². The lowest BCUT2D eigenvalue weighted by Crippen LogP contribution is -2.30. The van der Waals surface area contributed by atoms with E-state index >= 15 is 0 Å². The first kappa shape index (κ1) is 14.9. The Labute approximate surface area is 123 Å². The lowest BCUT2D eigenvalue weighted by Gasteiger charge is -2.15. The van der Waals surface area contributed by atoms with Crippen LogP contribution in [0.1, 0.15) is 16.1 Å². The fraction of sp³-hybridized carbons (Fsp3) is 0.500. The fourth-order valence-corrected chi connectivity index (χ4v) is 5.86. The van der Waals surface area contributed by atoms with Crippen LogP contribution in [0.5, 0.6) is 0 Å². The molecule has 1 unspecified atom stereocenters. The van der Waals surface area contributed by atoms with Crippen molar-refractivity contribution >= 4 is 43.3 Å². The molecule has 0 aromatic carbocycles. The van der Waals surface area contributed by atoms with E-state index in [1.807, 2.05) is 0 Å². The molecule has 3 N–H and O–H groups in total. The largest absolute Gasteiger partial charge is 0.477 e. The molecule has 1 aromatic rings. The molecule has 0 radical (unpaired) electrons. The highest BCUT2D eigenvalue weighted by molar-refractivity contribution is 9.11. The van der Waals surface area contributed by atoms with Gasteiger partial charge in [-0.2, -0.15) is 4.31 Å². The molecule has 1 aromatic heterocycles. The Kier molecular flexibility index (Phi) is 4.31. The van der Waals surface area contributed by atoms with Crippen molar-refractivity contribution in [3.63, 3.8) is 0 Å². The molecule has 0 bridgehead atoms. The van der Waals surface area contributed by atoms with E-state index in [2.05, 4.69) is 15.9 Å². The molecule has 1 aliphatic rings. The van der Waals surface area contributed by atoms with E-state index in [4.69, 9.17) is 10.8 Å². The summed E-state index contributed by atoms with van der Waals surface area (Å²) in [7, 11) is -3.65. The molecule has 106 valence electrons. The van der Waals surface area contributed by atoms with E-state index in [1.54, 1.807) is 0 Å². The number of hydrogen-bond acceptors (Lipinski definition) is 5. The van der Waals surface area contributed by atoms with Crippen LogP contribution in [0.15, 0.2) is 14.7 Å². The molecule has 1 aliphatic heterocycles. The zero-order valence-electron chi connectivity index (χ0n) is 9.87. The van der Waals surface area contributed by atoms with Gasteiger partial charge in [0.25, 0.3) is 0 Å². The van der Waals surface area contributed by atoms with Crippen LogP contribution in [0.25, 0.3) is 0 Å². The van der Waals surface area contributed by atoms with Gasteiger partial charge >= 0.3 is 5.97 Å². The molecule has 1 saturated heterocycles. The average molecular weight is 369 g/mol. The second-order valence-electron chi connectivity index (χ2n) is 4.31. The summed E-state index contributed by atoms with van der Waals surface area (Å²) >= 11 is 4.03. The fourth-order valence-electron chi connectivity index (χ4n) is 1.98. The molecule has 0 saturated carbocycles. The molecule has 1 fully saturated rings.